The highest BCUT2D eigenvalue weighted by atomic mass is 19.1. The van der Waals surface area contributed by atoms with Gasteiger partial charge in [-0.15, -0.1) is 0 Å². The number of carbonyl (C=O) groups is 2. The molecule has 2 aliphatic rings. The van der Waals surface area contributed by atoms with Gasteiger partial charge in [0.25, 0.3) is 5.91 Å². The Hall–Kier alpha value is -2.31. The lowest BCUT2D eigenvalue weighted by atomic mass is 9.92. The van der Waals surface area contributed by atoms with E-state index < -0.39 is 11.6 Å². The number of halogens is 1. The summed E-state index contributed by atoms with van der Waals surface area (Å²) in [4.78, 5) is 28.1. The number of anilines is 1. The maximum atomic E-state index is 15.1. The fourth-order valence-electron chi connectivity index (χ4n) is 3.53. The van der Waals surface area contributed by atoms with Gasteiger partial charge in [0, 0.05) is 39.0 Å². The number of hydrogen-bond acceptors (Lipinski definition) is 3. The first-order chi connectivity index (χ1) is 12.5. The molecule has 6 nitrogen and oxygen atoms in total. The van der Waals surface area contributed by atoms with E-state index in [0.29, 0.717) is 31.1 Å². The summed E-state index contributed by atoms with van der Waals surface area (Å²) in [5.41, 5.74) is -1.26. The number of alkyl halides is 1. The van der Waals surface area contributed by atoms with Crippen molar-refractivity contribution in [3.63, 3.8) is 0 Å². The normalized spacial score (nSPS) is 19.3. The average molecular weight is 363 g/mol. The topological polar surface area (TPSA) is 61.9 Å². The van der Waals surface area contributed by atoms with Gasteiger partial charge in [-0.3, -0.25) is 4.79 Å². The predicted molar refractivity (Wildman–Crippen MR) is 97.1 cm³/mol. The van der Waals surface area contributed by atoms with E-state index in [4.69, 9.17) is 4.74 Å². The Labute approximate surface area is 153 Å². The highest BCUT2D eigenvalue weighted by Crippen LogP contribution is 2.31. The maximum Gasteiger partial charge on any atom is 0.321 e. The number of nitrogens with one attached hydrogen (secondary N) is 1. The summed E-state index contributed by atoms with van der Waals surface area (Å²) < 4.78 is 20.6. The largest absolute Gasteiger partial charge is 0.492 e. The SMILES string of the molecule is CCOc1ccccc1NC(=O)N1CCC(F)(C(=O)N2CCCC2)CC1. The van der Waals surface area contributed by atoms with Crippen LogP contribution < -0.4 is 10.1 Å². The number of carbonyl (C=O) groups excluding carboxylic acids is 2. The zero-order valence-electron chi connectivity index (χ0n) is 15.2. The van der Waals surface area contributed by atoms with Gasteiger partial charge in [0.2, 0.25) is 0 Å². The molecule has 2 aliphatic heterocycles. The number of rotatable bonds is 4. The van der Waals surface area contributed by atoms with E-state index in [1.807, 2.05) is 19.1 Å². The van der Waals surface area contributed by atoms with Gasteiger partial charge in [0.15, 0.2) is 5.67 Å². The summed E-state index contributed by atoms with van der Waals surface area (Å²) in [6.45, 7) is 4.10. The number of ether oxygens (including phenoxy) is 1. The molecule has 2 heterocycles. The molecule has 0 radical (unpaired) electrons. The third-order valence-electron chi connectivity index (χ3n) is 5.05. The van der Waals surface area contributed by atoms with Crippen molar-refractivity contribution in [2.45, 2.75) is 38.3 Å². The van der Waals surface area contributed by atoms with E-state index in [9.17, 15) is 9.59 Å². The van der Waals surface area contributed by atoms with Crippen molar-refractivity contribution in [1.29, 1.82) is 0 Å². The summed E-state index contributed by atoms with van der Waals surface area (Å²) in [7, 11) is 0. The Kier molecular flexibility index (Phi) is 5.64. The lowest BCUT2D eigenvalue weighted by Crippen LogP contribution is -2.53. The lowest BCUT2D eigenvalue weighted by Gasteiger charge is -2.37. The number of nitrogens with zero attached hydrogens (tertiary/aromatic N) is 2. The molecule has 3 rings (SSSR count). The number of benzene rings is 1. The first-order valence-electron chi connectivity index (χ1n) is 9.29. The van der Waals surface area contributed by atoms with Crippen LogP contribution in [-0.2, 0) is 4.79 Å². The van der Waals surface area contributed by atoms with Crippen molar-refractivity contribution in [2.24, 2.45) is 0 Å². The van der Waals surface area contributed by atoms with Crippen LogP contribution in [0.1, 0.15) is 32.6 Å². The number of hydrogen-bond donors (Lipinski definition) is 1. The molecule has 0 aliphatic carbocycles. The van der Waals surface area contributed by atoms with Gasteiger partial charge in [-0.25, -0.2) is 9.18 Å². The van der Waals surface area contributed by atoms with Gasteiger partial charge in [-0.2, -0.15) is 0 Å². The first kappa shape index (κ1) is 18.5. The van der Waals surface area contributed by atoms with Crippen molar-refractivity contribution < 1.29 is 18.7 Å². The third kappa shape index (κ3) is 3.92. The number of urea groups is 1. The van der Waals surface area contributed by atoms with Gasteiger partial charge in [-0.05, 0) is 31.9 Å². The quantitative estimate of drug-likeness (QED) is 0.894. The maximum absolute atomic E-state index is 15.1. The van der Waals surface area contributed by atoms with Crippen LogP contribution in [0.3, 0.4) is 0 Å². The van der Waals surface area contributed by atoms with Crippen LogP contribution in [0.25, 0.3) is 0 Å². The van der Waals surface area contributed by atoms with Crippen LogP contribution in [0.4, 0.5) is 14.9 Å². The van der Waals surface area contributed by atoms with E-state index in [-0.39, 0.29) is 32.0 Å². The second kappa shape index (κ2) is 7.93. The molecule has 0 saturated carbocycles. The van der Waals surface area contributed by atoms with Gasteiger partial charge < -0.3 is 19.9 Å². The molecule has 1 N–H and O–H groups in total. The molecule has 0 unspecified atom stereocenters. The molecule has 0 spiro atoms. The van der Waals surface area contributed by atoms with E-state index in [0.717, 1.165) is 12.8 Å². The molecule has 0 atom stereocenters. The fraction of sp³-hybridized carbons (Fsp3) is 0.579. The molecule has 0 aromatic heterocycles. The van der Waals surface area contributed by atoms with Gasteiger partial charge in [0.05, 0.1) is 12.3 Å². The van der Waals surface area contributed by atoms with Crippen molar-refractivity contribution in [3.05, 3.63) is 24.3 Å². The summed E-state index contributed by atoms with van der Waals surface area (Å²) in [6, 6.07) is 6.91. The van der Waals surface area contributed by atoms with E-state index >= 15 is 4.39 Å². The number of amides is 3. The Morgan fingerprint density at radius 3 is 2.42 bits per heavy atom. The molecule has 3 amide bonds. The Balaban J connectivity index is 1.57. The van der Waals surface area contributed by atoms with Crippen LogP contribution >= 0.6 is 0 Å². The van der Waals surface area contributed by atoms with Crippen LogP contribution in [-0.4, -0.2) is 60.2 Å². The Morgan fingerprint density at radius 2 is 1.77 bits per heavy atom. The van der Waals surface area contributed by atoms with Crippen molar-refractivity contribution in [1.82, 2.24) is 9.80 Å². The van der Waals surface area contributed by atoms with Crippen molar-refractivity contribution in [2.75, 3.05) is 38.1 Å². The summed E-state index contributed by atoms with van der Waals surface area (Å²) >= 11 is 0. The highest BCUT2D eigenvalue weighted by molar-refractivity contribution is 5.91. The monoisotopic (exact) mass is 363 g/mol. The van der Waals surface area contributed by atoms with Crippen molar-refractivity contribution in [3.8, 4) is 5.75 Å². The molecular weight excluding hydrogens is 337 g/mol. The average Bonchev–Trinajstić information content (AvgIpc) is 3.18. The molecule has 7 heteroatoms. The second-order valence-electron chi connectivity index (χ2n) is 6.81. The summed E-state index contributed by atoms with van der Waals surface area (Å²) in [5, 5.41) is 2.82. The number of likely N-dealkylation sites (tertiary alicyclic amines) is 2. The molecule has 2 saturated heterocycles. The minimum atomic E-state index is -1.84. The molecule has 1 aromatic rings. The predicted octanol–water partition coefficient (Wildman–Crippen LogP) is 3.04. The minimum absolute atomic E-state index is 0.0445. The molecule has 1 aromatic carbocycles. The van der Waals surface area contributed by atoms with Crippen LogP contribution in [0.2, 0.25) is 0 Å². The number of piperidine rings is 1. The van der Waals surface area contributed by atoms with Gasteiger partial charge >= 0.3 is 6.03 Å². The smallest absolute Gasteiger partial charge is 0.321 e. The standard InChI is InChI=1S/C19H26FN3O3/c1-2-26-16-8-4-3-7-15(16)21-18(25)23-13-9-19(20,10-14-23)17(24)22-11-5-6-12-22/h3-4,7-8H,2,5-6,9-14H2,1H3,(H,21,25). The van der Waals surface area contributed by atoms with Crippen LogP contribution in [0.5, 0.6) is 5.75 Å². The summed E-state index contributed by atoms with van der Waals surface area (Å²) in [6.07, 6.45) is 1.97. The molecule has 142 valence electrons. The minimum Gasteiger partial charge on any atom is -0.492 e. The summed E-state index contributed by atoms with van der Waals surface area (Å²) in [5.74, 6) is 0.196. The Bertz CT molecular complexity index is 653. The number of para-hydroxylation sites is 2. The lowest BCUT2D eigenvalue weighted by molar-refractivity contribution is -0.145. The third-order valence-corrected chi connectivity index (χ3v) is 5.05. The van der Waals surface area contributed by atoms with Gasteiger partial charge in [-0.1, -0.05) is 12.1 Å². The highest BCUT2D eigenvalue weighted by Gasteiger charge is 2.45. The van der Waals surface area contributed by atoms with Crippen molar-refractivity contribution >= 4 is 17.6 Å². The zero-order valence-corrected chi connectivity index (χ0v) is 15.2. The second-order valence-corrected chi connectivity index (χ2v) is 6.81. The van der Waals surface area contributed by atoms with E-state index in [1.165, 1.54) is 0 Å². The first-order valence-corrected chi connectivity index (χ1v) is 9.29. The van der Waals surface area contributed by atoms with Crippen LogP contribution in [0.15, 0.2) is 24.3 Å². The van der Waals surface area contributed by atoms with Crippen LogP contribution in [0, 0.1) is 0 Å². The molecule has 26 heavy (non-hydrogen) atoms. The molecule has 2 fully saturated rings. The van der Waals surface area contributed by atoms with Gasteiger partial charge in [0.1, 0.15) is 5.75 Å². The zero-order chi connectivity index (χ0) is 18.6. The van der Waals surface area contributed by atoms with E-state index in [2.05, 4.69) is 5.32 Å². The fourth-order valence-corrected chi connectivity index (χ4v) is 3.53. The Morgan fingerprint density at radius 1 is 1.12 bits per heavy atom. The molecular formula is C19H26FN3O3. The molecule has 0 bridgehead atoms. The van der Waals surface area contributed by atoms with E-state index in [1.54, 1.807) is 21.9 Å².